The van der Waals surface area contributed by atoms with Crippen LogP contribution in [0.1, 0.15) is 39.5 Å². The molecule has 1 saturated heterocycles. The summed E-state index contributed by atoms with van der Waals surface area (Å²) in [5.74, 6) is -0.720. The molecule has 1 aliphatic rings. The predicted octanol–water partition coefficient (Wildman–Crippen LogP) is 1.31. The van der Waals surface area contributed by atoms with E-state index in [1.165, 1.54) is 12.8 Å². The van der Waals surface area contributed by atoms with Crippen molar-refractivity contribution >= 4 is 5.97 Å². The minimum Gasteiger partial charge on any atom is -0.480 e. The van der Waals surface area contributed by atoms with Gasteiger partial charge in [-0.05, 0) is 32.4 Å². The molecule has 16 heavy (non-hydrogen) atoms. The molecule has 0 aliphatic carbocycles. The first-order valence-electron chi connectivity index (χ1n) is 6.39. The number of carboxylic acids is 1. The third kappa shape index (κ3) is 3.76. The van der Waals surface area contributed by atoms with E-state index in [9.17, 15) is 4.79 Å². The highest BCUT2D eigenvalue weighted by molar-refractivity contribution is 5.73. The van der Waals surface area contributed by atoms with Crippen molar-refractivity contribution in [2.45, 2.75) is 51.6 Å². The van der Waals surface area contributed by atoms with Crippen LogP contribution in [0.15, 0.2) is 0 Å². The van der Waals surface area contributed by atoms with Gasteiger partial charge in [0, 0.05) is 12.6 Å². The molecule has 4 heteroatoms. The summed E-state index contributed by atoms with van der Waals surface area (Å²) in [7, 11) is 0. The van der Waals surface area contributed by atoms with E-state index in [1.807, 2.05) is 6.92 Å². The van der Waals surface area contributed by atoms with Crippen molar-refractivity contribution in [1.82, 2.24) is 10.2 Å². The lowest BCUT2D eigenvalue weighted by atomic mass is 10.1. The van der Waals surface area contributed by atoms with E-state index in [1.54, 1.807) is 0 Å². The molecule has 1 rings (SSSR count). The summed E-state index contributed by atoms with van der Waals surface area (Å²) < 4.78 is 0. The van der Waals surface area contributed by atoms with Crippen LogP contribution in [-0.4, -0.2) is 47.7 Å². The molecule has 0 aromatic heterocycles. The highest BCUT2D eigenvalue weighted by Gasteiger charge is 2.24. The van der Waals surface area contributed by atoms with E-state index in [4.69, 9.17) is 5.11 Å². The van der Waals surface area contributed by atoms with E-state index in [0.717, 1.165) is 26.1 Å². The third-order valence-electron chi connectivity index (χ3n) is 3.38. The molecule has 0 amide bonds. The monoisotopic (exact) mass is 228 g/mol. The van der Waals surface area contributed by atoms with Crippen molar-refractivity contribution in [3.05, 3.63) is 0 Å². The smallest absolute Gasteiger partial charge is 0.320 e. The summed E-state index contributed by atoms with van der Waals surface area (Å²) in [6, 6.07) is 0.160. The third-order valence-corrected chi connectivity index (χ3v) is 3.38. The highest BCUT2D eigenvalue weighted by Crippen LogP contribution is 2.15. The topological polar surface area (TPSA) is 52.6 Å². The minimum absolute atomic E-state index is 0.371. The number of likely N-dealkylation sites (N-methyl/N-ethyl adjacent to an activating group) is 1. The van der Waals surface area contributed by atoms with Crippen LogP contribution in [-0.2, 0) is 4.79 Å². The molecule has 94 valence electrons. The molecule has 0 spiro atoms. The number of hydrogen-bond acceptors (Lipinski definition) is 3. The van der Waals surface area contributed by atoms with Crippen LogP contribution >= 0.6 is 0 Å². The minimum atomic E-state index is -0.720. The Kier molecular flexibility index (Phi) is 5.77. The molecule has 1 heterocycles. The molecule has 0 saturated carbocycles. The first kappa shape index (κ1) is 13.5. The maximum atomic E-state index is 11.0. The standard InChI is InChI=1S/C12H24N2O2/c1-3-6-11(12(15)16)13-9-10-7-5-8-14(10)4-2/h10-11,13H,3-9H2,1-2H3,(H,15,16). The number of aliphatic carboxylic acids is 1. The zero-order chi connectivity index (χ0) is 12.0. The summed E-state index contributed by atoms with van der Waals surface area (Å²) in [6.07, 6.45) is 4.06. The van der Waals surface area contributed by atoms with Gasteiger partial charge in [-0.25, -0.2) is 0 Å². The number of carbonyl (C=O) groups is 1. The van der Waals surface area contributed by atoms with Gasteiger partial charge in [0.1, 0.15) is 6.04 Å². The average Bonchev–Trinajstić information content (AvgIpc) is 2.71. The number of nitrogens with zero attached hydrogens (tertiary/aromatic N) is 1. The number of carboxylic acid groups (broad SMARTS) is 1. The van der Waals surface area contributed by atoms with Crippen LogP contribution in [0.2, 0.25) is 0 Å². The van der Waals surface area contributed by atoms with Gasteiger partial charge < -0.3 is 10.4 Å². The lowest BCUT2D eigenvalue weighted by molar-refractivity contribution is -0.139. The van der Waals surface area contributed by atoms with Gasteiger partial charge in [0.25, 0.3) is 0 Å². The van der Waals surface area contributed by atoms with Gasteiger partial charge in [0.05, 0.1) is 0 Å². The maximum Gasteiger partial charge on any atom is 0.320 e. The maximum absolute atomic E-state index is 11.0. The van der Waals surface area contributed by atoms with E-state index in [2.05, 4.69) is 17.1 Å². The van der Waals surface area contributed by atoms with Crippen molar-refractivity contribution in [2.24, 2.45) is 0 Å². The zero-order valence-electron chi connectivity index (χ0n) is 10.4. The average molecular weight is 228 g/mol. The quantitative estimate of drug-likeness (QED) is 0.690. The molecular weight excluding hydrogens is 204 g/mol. The number of hydrogen-bond donors (Lipinski definition) is 2. The van der Waals surface area contributed by atoms with E-state index >= 15 is 0 Å². The van der Waals surface area contributed by atoms with Gasteiger partial charge in [0.2, 0.25) is 0 Å². The fourth-order valence-corrected chi connectivity index (χ4v) is 2.42. The molecule has 1 fully saturated rings. The fraction of sp³-hybridized carbons (Fsp3) is 0.917. The summed E-state index contributed by atoms with van der Waals surface area (Å²) in [5.41, 5.74) is 0. The van der Waals surface area contributed by atoms with E-state index in [0.29, 0.717) is 12.5 Å². The Bertz CT molecular complexity index is 221. The van der Waals surface area contributed by atoms with Crippen LogP contribution in [0.25, 0.3) is 0 Å². The van der Waals surface area contributed by atoms with Gasteiger partial charge >= 0.3 is 5.97 Å². The molecule has 4 nitrogen and oxygen atoms in total. The fourth-order valence-electron chi connectivity index (χ4n) is 2.42. The molecule has 1 aliphatic heterocycles. The second-order valence-electron chi connectivity index (χ2n) is 4.51. The Hall–Kier alpha value is -0.610. The normalized spacial score (nSPS) is 23.5. The van der Waals surface area contributed by atoms with Gasteiger partial charge in [0.15, 0.2) is 0 Å². The van der Waals surface area contributed by atoms with Gasteiger partial charge in [-0.2, -0.15) is 0 Å². The zero-order valence-corrected chi connectivity index (χ0v) is 10.4. The van der Waals surface area contributed by atoms with Gasteiger partial charge in [-0.1, -0.05) is 20.3 Å². The largest absolute Gasteiger partial charge is 0.480 e. The molecule has 2 unspecified atom stereocenters. The van der Waals surface area contributed by atoms with Gasteiger partial charge in [-0.3, -0.25) is 9.69 Å². The summed E-state index contributed by atoms with van der Waals surface area (Å²) in [5, 5.41) is 12.2. The first-order valence-corrected chi connectivity index (χ1v) is 6.39. The lowest BCUT2D eigenvalue weighted by Crippen LogP contribution is -2.44. The van der Waals surface area contributed by atoms with E-state index < -0.39 is 5.97 Å². The van der Waals surface area contributed by atoms with Crippen molar-refractivity contribution in [3.63, 3.8) is 0 Å². The Morgan fingerprint density at radius 2 is 2.31 bits per heavy atom. The van der Waals surface area contributed by atoms with Crippen molar-refractivity contribution in [2.75, 3.05) is 19.6 Å². The first-order chi connectivity index (χ1) is 7.69. The van der Waals surface area contributed by atoms with E-state index in [-0.39, 0.29) is 6.04 Å². The van der Waals surface area contributed by atoms with Crippen LogP contribution in [0.3, 0.4) is 0 Å². The number of nitrogens with one attached hydrogen (secondary N) is 1. The predicted molar refractivity (Wildman–Crippen MR) is 64.6 cm³/mol. The van der Waals surface area contributed by atoms with Crippen molar-refractivity contribution in [3.8, 4) is 0 Å². The molecular formula is C12H24N2O2. The Morgan fingerprint density at radius 3 is 2.88 bits per heavy atom. The van der Waals surface area contributed by atoms with Crippen LogP contribution in [0, 0.1) is 0 Å². The molecule has 0 radical (unpaired) electrons. The Balaban J connectivity index is 2.33. The lowest BCUT2D eigenvalue weighted by Gasteiger charge is -2.24. The second-order valence-corrected chi connectivity index (χ2v) is 4.51. The Morgan fingerprint density at radius 1 is 1.56 bits per heavy atom. The van der Waals surface area contributed by atoms with Crippen LogP contribution in [0.4, 0.5) is 0 Å². The molecule has 0 bridgehead atoms. The highest BCUT2D eigenvalue weighted by atomic mass is 16.4. The van der Waals surface area contributed by atoms with Crippen molar-refractivity contribution < 1.29 is 9.90 Å². The molecule has 0 aromatic carbocycles. The SMILES string of the molecule is CCCC(NCC1CCCN1CC)C(=O)O. The number of rotatable bonds is 7. The molecule has 0 aromatic rings. The van der Waals surface area contributed by atoms with Crippen molar-refractivity contribution in [1.29, 1.82) is 0 Å². The molecule has 2 atom stereocenters. The van der Waals surface area contributed by atoms with Crippen LogP contribution < -0.4 is 5.32 Å². The number of likely N-dealkylation sites (tertiary alicyclic amines) is 1. The van der Waals surface area contributed by atoms with Crippen LogP contribution in [0.5, 0.6) is 0 Å². The summed E-state index contributed by atoms with van der Waals surface area (Å²) in [6.45, 7) is 7.22. The second kappa shape index (κ2) is 6.86. The Labute approximate surface area is 98.0 Å². The van der Waals surface area contributed by atoms with Gasteiger partial charge in [-0.15, -0.1) is 0 Å². The summed E-state index contributed by atoms with van der Waals surface area (Å²) in [4.78, 5) is 13.4. The molecule has 2 N–H and O–H groups in total. The summed E-state index contributed by atoms with van der Waals surface area (Å²) >= 11 is 0.